The molecular weight excluding hydrogens is 178 g/mol. The monoisotopic (exact) mass is 195 g/mol. The molecule has 0 bridgehead atoms. The summed E-state index contributed by atoms with van der Waals surface area (Å²) in [6.45, 7) is 2.92. The van der Waals surface area contributed by atoms with Crippen molar-refractivity contribution in [2.75, 3.05) is 13.2 Å². The molecule has 0 aromatic heterocycles. The third kappa shape index (κ3) is 2.72. The molecular formula is C11H17NO2. The molecule has 3 nitrogen and oxygen atoms in total. The van der Waals surface area contributed by atoms with E-state index >= 15 is 0 Å². The van der Waals surface area contributed by atoms with Crippen LogP contribution in [0.25, 0.3) is 0 Å². The van der Waals surface area contributed by atoms with Gasteiger partial charge in [0.2, 0.25) is 0 Å². The number of hydrogen-bond donors (Lipinski definition) is 2. The van der Waals surface area contributed by atoms with Crippen molar-refractivity contribution < 1.29 is 9.84 Å². The fourth-order valence-corrected chi connectivity index (χ4v) is 1.23. The second kappa shape index (κ2) is 5.62. The number of nitrogens with two attached hydrogens (primary N) is 1. The van der Waals surface area contributed by atoms with Crippen LogP contribution in [-0.4, -0.2) is 18.3 Å². The van der Waals surface area contributed by atoms with Crippen LogP contribution in [0, 0.1) is 0 Å². The van der Waals surface area contributed by atoms with Gasteiger partial charge in [-0.25, -0.2) is 0 Å². The maximum Gasteiger partial charge on any atom is 0.125 e. The maximum absolute atomic E-state index is 9.60. The molecule has 14 heavy (non-hydrogen) atoms. The van der Waals surface area contributed by atoms with Gasteiger partial charge in [0.05, 0.1) is 12.7 Å². The summed E-state index contributed by atoms with van der Waals surface area (Å²) in [5, 5.41) is 9.60. The molecule has 1 atom stereocenters. The van der Waals surface area contributed by atoms with Gasteiger partial charge in [-0.3, -0.25) is 0 Å². The van der Waals surface area contributed by atoms with Crippen LogP contribution < -0.4 is 10.5 Å². The maximum atomic E-state index is 9.60. The molecule has 0 radical (unpaired) electrons. The predicted octanol–water partition coefficient (Wildman–Crippen LogP) is 1.47. The largest absolute Gasteiger partial charge is 0.493 e. The zero-order valence-corrected chi connectivity index (χ0v) is 8.44. The number of para-hydroxylation sites is 1. The first-order chi connectivity index (χ1) is 6.79. The number of hydrogen-bond acceptors (Lipinski definition) is 3. The van der Waals surface area contributed by atoms with E-state index in [0.717, 1.165) is 17.7 Å². The van der Waals surface area contributed by atoms with E-state index in [1.165, 1.54) is 0 Å². The van der Waals surface area contributed by atoms with Crippen molar-refractivity contribution in [3.05, 3.63) is 29.8 Å². The fraction of sp³-hybridized carbons (Fsp3) is 0.455. The highest BCUT2D eigenvalue weighted by molar-refractivity contribution is 5.35. The summed E-state index contributed by atoms with van der Waals surface area (Å²) in [6, 6.07) is 7.44. The summed E-state index contributed by atoms with van der Waals surface area (Å²) in [5.74, 6) is 0.729. The minimum absolute atomic E-state index is 0.215. The zero-order chi connectivity index (χ0) is 10.4. The normalized spacial score (nSPS) is 12.5. The Hall–Kier alpha value is -1.06. The SMILES string of the molecule is CCCOc1ccccc1[C@H](O)CN. The number of aliphatic hydroxyl groups is 1. The van der Waals surface area contributed by atoms with Crippen LogP contribution in [0.5, 0.6) is 5.75 Å². The third-order valence-corrected chi connectivity index (χ3v) is 1.96. The van der Waals surface area contributed by atoms with Gasteiger partial charge in [0, 0.05) is 12.1 Å². The Morgan fingerprint density at radius 1 is 1.43 bits per heavy atom. The smallest absolute Gasteiger partial charge is 0.125 e. The average molecular weight is 195 g/mol. The predicted molar refractivity (Wildman–Crippen MR) is 56.2 cm³/mol. The molecule has 1 aromatic rings. The quantitative estimate of drug-likeness (QED) is 0.748. The van der Waals surface area contributed by atoms with Crippen molar-refractivity contribution in [1.82, 2.24) is 0 Å². The zero-order valence-electron chi connectivity index (χ0n) is 8.44. The molecule has 1 aromatic carbocycles. The van der Waals surface area contributed by atoms with Gasteiger partial charge in [-0.05, 0) is 12.5 Å². The Kier molecular flexibility index (Phi) is 4.43. The number of aliphatic hydroxyl groups excluding tert-OH is 1. The number of benzene rings is 1. The van der Waals surface area contributed by atoms with Crippen molar-refractivity contribution in [3.8, 4) is 5.75 Å². The molecule has 0 heterocycles. The molecule has 3 heteroatoms. The van der Waals surface area contributed by atoms with E-state index < -0.39 is 6.10 Å². The van der Waals surface area contributed by atoms with Crippen molar-refractivity contribution in [1.29, 1.82) is 0 Å². The van der Waals surface area contributed by atoms with Crippen LogP contribution in [-0.2, 0) is 0 Å². The van der Waals surface area contributed by atoms with Crippen LogP contribution in [0.1, 0.15) is 25.0 Å². The van der Waals surface area contributed by atoms with Crippen LogP contribution >= 0.6 is 0 Å². The van der Waals surface area contributed by atoms with E-state index in [9.17, 15) is 5.11 Å². The second-order valence-electron chi connectivity index (χ2n) is 3.14. The van der Waals surface area contributed by atoms with Gasteiger partial charge in [0.25, 0.3) is 0 Å². The minimum Gasteiger partial charge on any atom is -0.493 e. The molecule has 0 aliphatic heterocycles. The standard InChI is InChI=1S/C11H17NO2/c1-2-7-14-11-6-4-3-5-9(11)10(13)8-12/h3-6,10,13H,2,7-8,12H2,1H3/t10-/m1/s1. The molecule has 0 aliphatic carbocycles. The van der Waals surface area contributed by atoms with Gasteiger partial charge in [0.15, 0.2) is 0 Å². The Morgan fingerprint density at radius 2 is 2.14 bits per heavy atom. The summed E-state index contributed by atoms with van der Waals surface area (Å²) in [4.78, 5) is 0. The molecule has 0 saturated carbocycles. The second-order valence-corrected chi connectivity index (χ2v) is 3.14. The first-order valence-corrected chi connectivity index (χ1v) is 4.89. The number of rotatable bonds is 5. The highest BCUT2D eigenvalue weighted by Crippen LogP contribution is 2.24. The molecule has 0 spiro atoms. The van der Waals surface area contributed by atoms with E-state index in [1.54, 1.807) is 0 Å². The molecule has 78 valence electrons. The lowest BCUT2D eigenvalue weighted by atomic mass is 10.1. The van der Waals surface area contributed by atoms with E-state index in [4.69, 9.17) is 10.5 Å². The van der Waals surface area contributed by atoms with E-state index in [1.807, 2.05) is 31.2 Å². The van der Waals surface area contributed by atoms with Crippen molar-refractivity contribution in [2.45, 2.75) is 19.4 Å². The Labute approximate surface area is 84.5 Å². The van der Waals surface area contributed by atoms with Crippen LogP contribution in [0.15, 0.2) is 24.3 Å². The van der Waals surface area contributed by atoms with E-state index in [-0.39, 0.29) is 6.54 Å². The molecule has 0 unspecified atom stereocenters. The van der Waals surface area contributed by atoms with Crippen LogP contribution in [0.3, 0.4) is 0 Å². The van der Waals surface area contributed by atoms with Crippen molar-refractivity contribution >= 4 is 0 Å². The minimum atomic E-state index is -0.636. The van der Waals surface area contributed by atoms with Crippen molar-refractivity contribution in [3.63, 3.8) is 0 Å². The topological polar surface area (TPSA) is 55.5 Å². The lowest BCUT2D eigenvalue weighted by molar-refractivity contribution is 0.179. The third-order valence-electron chi connectivity index (χ3n) is 1.96. The lowest BCUT2D eigenvalue weighted by Crippen LogP contribution is -2.13. The number of ether oxygens (including phenoxy) is 1. The molecule has 0 aliphatic rings. The fourth-order valence-electron chi connectivity index (χ4n) is 1.23. The summed E-state index contributed by atoms with van der Waals surface area (Å²) in [5.41, 5.74) is 6.16. The molecule has 1 rings (SSSR count). The molecule has 3 N–H and O–H groups in total. The highest BCUT2D eigenvalue weighted by atomic mass is 16.5. The summed E-state index contributed by atoms with van der Waals surface area (Å²) in [6.07, 6.45) is 0.315. The molecule has 0 saturated heterocycles. The van der Waals surface area contributed by atoms with Gasteiger partial charge in [-0.1, -0.05) is 25.1 Å². The summed E-state index contributed by atoms with van der Waals surface area (Å²) >= 11 is 0. The van der Waals surface area contributed by atoms with Gasteiger partial charge in [0.1, 0.15) is 5.75 Å². The van der Waals surface area contributed by atoms with Crippen molar-refractivity contribution in [2.24, 2.45) is 5.73 Å². The van der Waals surface area contributed by atoms with Gasteiger partial charge in [-0.15, -0.1) is 0 Å². The van der Waals surface area contributed by atoms with Crippen LogP contribution in [0.4, 0.5) is 0 Å². The molecule has 0 fully saturated rings. The lowest BCUT2D eigenvalue weighted by Gasteiger charge is -2.14. The van der Waals surface area contributed by atoms with E-state index in [0.29, 0.717) is 6.61 Å². The van der Waals surface area contributed by atoms with Gasteiger partial charge in [-0.2, -0.15) is 0 Å². The summed E-state index contributed by atoms with van der Waals surface area (Å²) in [7, 11) is 0. The Balaban J connectivity index is 2.79. The average Bonchev–Trinajstić information content (AvgIpc) is 2.25. The highest BCUT2D eigenvalue weighted by Gasteiger charge is 2.10. The first kappa shape index (κ1) is 11.0. The van der Waals surface area contributed by atoms with Gasteiger partial charge >= 0.3 is 0 Å². The first-order valence-electron chi connectivity index (χ1n) is 4.89. The van der Waals surface area contributed by atoms with Crippen LogP contribution in [0.2, 0.25) is 0 Å². The molecule has 0 amide bonds. The Bertz CT molecular complexity index is 276. The van der Waals surface area contributed by atoms with Gasteiger partial charge < -0.3 is 15.6 Å². The van der Waals surface area contributed by atoms with E-state index in [2.05, 4.69) is 0 Å². The Morgan fingerprint density at radius 3 is 2.79 bits per heavy atom. The summed E-state index contributed by atoms with van der Waals surface area (Å²) < 4.78 is 5.49.